The predicted molar refractivity (Wildman–Crippen MR) is 61.5 cm³/mol. The largest absolute Gasteiger partial charge is 0.508 e. The second-order valence-electron chi connectivity index (χ2n) is 3.22. The molecule has 0 unspecified atom stereocenters. The van der Waals surface area contributed by atoms with E-state index in [9.17, 15) is 9.90 Å². The van der Waals surface area contributed by atoms with Crippen LogP contribution in [0.1, 0.15) is 5.69 Å². The highest BCUT2D eigenvalue weighted by Gasteiger charge is 2.03. The maximum atomic E-state index is 11.3. The number of rotatable bonds is 1. The molecule has 1 aliphatic heterocycles. The Balaban J connectivity index is 2.49. The molecule has 4 nitrogen and oxygen atoms in total. The Hall–Kier alpha value is -2.36. The fourth-order valence-corrected chi connectivity index (χ4v) is 1.30. The third kappa shape index (κ3) is 2.36. The minimum absolute atomic E-state index is 0.108. The van der Waals surface area contributed by atoms with Crippen molar-refractivity contribution in [2.24, 2.45) is 0 Å². The fraction of sp³-hybridized carbons (Fsp3) is 0. The van der Waals surface area contributed by atoms with Crippen LogP contribution in [0.5, 0.6) is 0 Å². The van der Waals surface area contributed by atoms with Gasteiger partial charge in [0.05, 0.1) is 11.4 Å². The van der Waals surface area contributed by atoms with E-state index in [0.717, 1.165) is 0 Å². The van der Waals surface area contributed by atoms with Crippen LogP contribution in [0.4, 0.5) is 0 Å². The van der Waals surface area contributed by atoms with Crippen LogP contribution in [0.25, 0.3) is 5.70 Å². The number of aromatic nitrogens is 1. The van der Waals surface area contributed by atoms with E-state index in [2.05, 4.69) is 10.3 Å². The van der Waals surface area contributed by atoms with E-state index in [4.69, 9.17) is 0 Å². The molecule has 0 amide bonds. The molecule has 0 saturated heterocycles. The maximum absolute atomic E-state index is 11.3. The first-order valence-corrected chi connectivity index (χ1v) is 4.76. The third-order valence-corrected chi connectivity index (χ3v) is 2.01. The Kier molecular flexibility index (Phi) is 2.82. The highest BCUT2D eigenvalue weighted by atomic mass is 16.3. The summed E-state index contributed by atoms with van der Waals surface area (Å²) in [7, 11) is 0. The van der Waals surface area contributed by atoms with Gasteiger partial charge in [0.1, 0.15) is 5.76 Å². The summed E-state index contributed by atoms with van der Waals surface area (Å²) in [6.45, 7) is 0. The smallest absolute Gasteiger partial charge is 0.180 e. The molecule has 0 aliphatic carbocycles. The Morgan fingerprint density at radius 3 is 3.12 bits per heavy atom. The number of aliphatic hydroxyl groups is 1. The van der Waals surface area contributed by atoms with Crippen LogP contribution in [-0.2, 0) is 0 Å². The van der Waals surface area contributed by atoms with E-state index in [1.54, 1.807) is 24.4 Å². The number of nitrogens with one attached hydrogen (secondary N) is 1. The van der Waals surface area contributed by atoms with Crippen molar-refractivity contribution in [3.63, 3.8) is 0 Å². The first-order valence-electron chi connectivity index (χ1n) is 4.76. The zero-order valence-electron chi connectivity index (χ0n) is 8.42. The van der Waals surface area contributed by atoms with Gasteiger partial charge in [0, 0.05) is 24.5 Å². The molecular weight excluding hydrogens is 204 g/mol. The Bertz CT molecular complexity index is 545. The fourth-order valence-electron chi connectivity index (χ4n) is 1.30. The van der Waals surface area contributed by atoms with Crippen molar-refractivity contribution in [3.05, 3.63) is 70.5 Å². The van der Waals surface area contributed by atoms with Gasteiger partial charge >= 0.3 is 0 Å². The number of hydrogen-bond donors (Lipinski definition) is 2. The predicted octanol–water partition coefficient (Wildman–Crippen LogP) is 1.34. The lowest BCUT2D eigenvalue weighted by atomic mass is 10.2. The van der Waals surface area contributed by atoms with Crippen molar-refractivity contribution in [3.8, 4) is 0 Å². The van der Waals surface area contributed by atoms with Crippen LogP contribution in [-0.4, -0.2) is 10.1 Å². The van der Waals surface area contributed by atoms with E-state index in [-0.39, 0.29) is 11.2 Å². The SMILES string of the molecule is O=c1cccnc(C2=CC(O)=CC=CN2)c1. The quantitative estimate of drug-likeness (QED) is 0.740. The highest BCUT2D eigenvalue weighted by molar-refractivity contribution is 5.64. The maximum Gasteiger partial charge on any atom is 0.180 e. The minimum atomic E-state index is -0.133. The van der Waals surface area contributed by atoms with Gasteiger partial charge in [0.15, 0.2) is 5.43 Å². The zero-order valence-corrected chi connectivity index (χ0v) is 8.42. The first kappa shape index (κ1) is 10.2. The van der Waals surface area contributed by atoms with Gasteiger partial charge in [-0.15, -0.1) is 0 Å². The number of aliphatic hydroxyl groups excluding tert-OH is 1. The second-order valence-corrected chi connectivity index (χ2v) is 3.22. The van der Waals surface area contributed by atoms with Crippen LogP contribution >= 0.6 is 0 Å². The monoisotopic (exact) mass is 214 g/mol. The summed E-state index contributed by atoms with van der Waals surface area (Å²) >= 11 is 0. The summed E-state index contributed by atoms with van der Waals surface area (Å²) in [6.07, 6.45) is 7.92. The Morgan fingerprint density at radius 2 is 2.25 bits per heavy atom. The van der Waals surface area contributed by atoms with Gasteiger partial charge in [-0.25, -0.2) is 0 Å². The lowest BCUT2D eigenvalue weighted by Crippen LogP contribution is -2.06. The average molecular weight is 214 g/mol. The molecule has 0 saturated carbocycles. The van der Waals surface area contributed by atoms with Crippen LogP contribution < -0.4 is 10.7 Å². The summed E-state index contributed by atoms with van der Waals surface area (Å²) in [5, 5.41) is 12.4. The highest BCUT2D eigenvalue weighted by Crippen LogP contribution is 2.10. The van der Waals surface area contributed by atoms with Crippen molar-refractivity contribution in [2.75, 3.05) is 0 Å². The molecule has 4 heteroatoms. The molecule has 2 rings (SSSR count). The summed E-state index contributed by atoms with van der Waals surface area (Å²) in [4.78, 5) is 15.4. The zero-order chi connectivity index (χ0) is 11.4. The van der Waals surface area contributed by atoms with Gasteiger partial charge in [-0.05, 0) is 24.3 Å². The third-order valence-electron chi connectivity index (χ3n) is 2.01. The van der Waals surface area contributed by atoms with E-state index < -0.39 is 0 Å². The summed E-state index contributed by atoms with van der Waals surface area (Å²) in [6, 6.07) is 4.42. The van der Waals surface area contributed by atoms with E-state index >= 15 is 0 Å². The van der Waals surface area contributed by atoms with Crippen LogP contribution in [0, 0.1) is 0 Å². The molecule has 16 heavy (non-hydrogen) atoms. The Labute approximate surface area is 92.3 Å². The average Bonchev–Trinajstić information content (AvgIpc) is 2.58. The van der Waals surface area contributed by atoms with Crippen molar-refractivity contribution in [1.82, 2.24) is 10.3 Å². The van der Waals surface area contributed by atoms with E-state index in [0.29, 0.717) is 11.4 Å². The van der Waals surface area contributed by atoms with Crippen molar-refractivity contribution >= 4 is 5.70 Å². The van der Waals surface area contributed by atoms with Crippen molar-refractivity contribution in [1.29, 1.82) is 0 Å². The van der Waals surface area contributed by atoms with Crippen LogP contribution in [0.2, 0.25) is 0 Å². The van der Waals surface area contributed by atoms with Crippen molar-refractivity contribution < 1.29 is 5.11 Å². The Morgan fingerprint density at radius 1 is 1.38 bits per heavy atom. The van der Waals surface area contributed by atoms with Gasteiger partial charge in [0.25, 0.3) is 0 Å². The molecule has 1 aromatic heterocycles. The van der Waals surface area contributed by atoms with Gasteiger partial charge in [-0.1, -0.05) is 0 Å². The molecule has 1 aromatic rings. The second kappa shape index (κ2) is 4.44. The molecular formula is C12H10N2O2. The van der Waals surface area contributed by atoms with E-state index in [1.165, 1.54) is 24.4 Å². The molecule has 1 aliphatic rings. The number of hydrogen-bond acceptors (Lipinski definition) is 4. The molecule has 80 valence electrons. The topological polar surface area (TPSA) is 62.2 Å². The van der Waals surface area contributed by atoms with Crippen molar-refractivity contribution in [2.45, 2.75) is 0 Å². The molecule has 0 spiro atoms. The summed E-state index contributed by atoms with van der Waals surface area (Å²) in [5.74, 6) is 0.108. The van der Waals surface area contributed by atoms with Gasteiger partial charge in [0.2, 0.25) is 0 Å². The lowest BCUT2D eigenvalue weighted by molar-refractivity contribution is 0.433. The number of allylic oxidation sites excluding steroid dienone is 3. The van der Waals surface area contributed by atoms with E-state index in [1.807, 2.05) is 0 Å². The minimum Gasteiger partial charge on any atom is -0.508 e. The van der Waals surface area contributed by atoms with Gasteiger partial charge in [-0.3, -0.25) is 9.78 Å². The molecule has 0 radical (unpaired) electrons. The van der Waals surface area contributed by atoms with Crippen LogP contribution in [0.3, 0.4) is 0 Å². The van der Waals surface area contributed by atoms with Gasteiger partial charge in [-0.2, -0.15) is 0 Å². The lowest BCUT2D eigenvalue weighted by Gasteiger charge is -2.02. The molecule has 0 fully saturated rings. The molecule has 0 aromatic carbocycles. The molecule has 2 N–H and O–H groups in total. The molecule has 0 atom stereocenters. The van der Waals surface area contributed by atoms with Crippen LogP contribution in [0.15, 0.2) is 59.4 Å². The molecule has 0 bridgehead atoms. The normalized spacial score (nSPS) is 14.5. The summed E-state index contributed by atoms with van der Waals surface area (Å²) in [5.41, 5.74) is 0.934. The molecule has 2 heterocycles. The number of nitrogens with zero attached hydrogens (tertiary/aromatic N) is 1. The summed E-state index contributed by atoms with van der Waals surface area (Å²) < 4.78 is 0. The standard InChI is InChI=1S/C12H10N2O2/c15-9-3-1-5-13-11(7-9)12-8-10(16)4-2-6-14-12/h1-8,13,15H. The van der Waals surface area contributed by atoms with Gasteiger partial charge < -0.3 is 10.4 Å². The first-order chi connectivity index (χ1) is 7.75.